The molecule has 29 heavy (non-hydrogen) atoms. The first-order valence-electron chi connectivity index (χ1n) is 9.28. The number of rotatable bonds is 5. The van der Waals surface area contributed by atoms with Crippen LogP contribution in [0.2, 0.25) is 0 Å². The normalized spacial score (nSPS) is 13.7. The molecule has 1 aliphatic heterocycles. The predicted molar refractivity (Wildman–Crippen MR) is 109 cm³/mol. The third-order valence-corrected chi connectivity index (χ3v) is 6.54. The van der Waals surface area contributed by atoms with Gasteiger partial charge in [-0.2, -0.15) is 0 Å². The van der Waals surface area contributed by atoms with Crippen LogP contribution < -0.4 is 4.72 Å². The van der Waals surface area contributed by atoms with E-state index in [1.165, 1.54) is 12.1 Å². The van der Waals surface area contributed by atoms with Crippen LogP contribution in [-0.2, 0) is 23.0 Å². The van der Waals surface area contributed by atoms with E-state index in [1.54, 1.807) is 19.1 Å². The zero-order valence-electron chi connectivity index (χ0n) is 15.8. The number of aryl methyl sites for hydroxylation is 3. The van der Waals surface area contributed by atoms with Crippen LogP contribution in [0.3, 0.4) is 0 Å². The molecule has 0 aliphatic carbocycles. The van der Waals surface area contributed by atoms with E-state index in [2.05, 4.69) is 14.3 Å². The standard InChI is InChI=1S/C20H20N4O4S/c1-14-9-10-15(24(25)26)12-19(14)29(27,28)22-17-7-3-2-6-16(17)18-13-23-11-5-4-8-20(23)21-18/h2-3,6-7,9-10,12-13,22H,4-5,8,11H2,1H3. The Kier molecular flexibility index (Phi) is 4.83. The second-order valence-electron chi connectivity index (χ2n) is 7.05. The summed E-state index contributed by atoms with van der Waals surface area (Å²) in [5, 5.41) is 11.1. The molecule has 1 aliphatic rings. The molecule has 0 bridgehead atoms. The van der Waals surface area contributed by atoms with Crippen molar-refractivity contribution in [1.82, 2.24) is 9.55 Å². The molecule has 0 spiro atoms. The van der Waals surface area contributed by atoms with Gasteiger partial charge in [-0.15, -0.1) is 0 Å². The number of fused-ring (bicyclic) bond motifs is 1. The number of para-hydroxylation sites is 1. The molecule has 9 heteroatoms. The largest absolute Gasteiger partial charge is 0.334 e. The topological polar surface area (TPSA) is 107 Å². The SMILES string of the molecule is Cc1ccc([N+](=O)[O-])cc1S(=O)(=O)Nc1ccccc1-c1cn2c(n1)CCCC2. The lowest BCUT2D eigenvalue weighted by atomic mass is 10.1. The lowest BCUT2D eigenvalue weighted by Crippen LogP contribution is -2.15. The molecule has 1 aromatic heterocycles. The lowest BCUT2D eigenvalue weighted by molar-refractivity contribution is -0.385. The average molecular weight is 412 g/mol. The highest BCUT2D eigenvalue weighted by Gasteiger charge is 2.23. The first kappa shape index (κ1) is 19.1. The number of imidazole rings is 1. The van der Waals surface area contributed by atoms with Gasteiger partial charge in [-0.1, -0.05) is 24.3 Å². The van der Waals surface area contributed by atoms with E-state index in [9.17, 15) is 18.5 Å². The Bertz CT molecular complexity index is 1180. The number of non-ortho nitro benzene ring substituents is 1. The van der Waals surface area contributed by atoms with Crippen LogP contribution in [-0.4, -0.2) is 22.9 Å². The number of nitro groups is 1. The van der Waals surface area contributed by atoms with Crippen molar-refractivity contribution in [2.75, 3.05) is 4.72 Å². The molecule has 0 saturated heterocycles. The Morgan fingerprint density at radius 3 is 2.72 bits per heavy atom. The van der Waals surface area contributed by atoms with Gasteiger partial charge in [-0.3, -0.25) is 14.8 Å². The number of nitrogens with zero attached hydrogens (tertiary/aromatic N) is 3. The summed E-state index contributed by atoms with van der Waals surface area (Å²) in [4.78, 5) is 15.0. The van der Waals surface area contributed by atoms with E-state index in [0.717, 1.165) is 37.7 Å². The molecule has 1 N–H and O–H groups in total. The van der Waals surface area contributed by atoms with Gasteiger partial charge in [-0.25, -0.2) is 13.4 Å². The summed E-state index contributed by atoms with van der Waals surface area (Å²) in [6, 6.07) is 10.8. The highest BCUT2D eigenvalue weighted by molar-refractivity contribution is 7.92. The van der Waals surface area contributed by atoms with E-state index in [4.69, 9.17) is 0 Å². The van der Waals surface area contributed by atoms with E-state index in [1.807, 2.05) is 18.3 Å². The minimum Gasteiger partial charge on any atom is -0.334 e. The van der Waals surface area contributed by atoms with Crippen LogP contribution in [0.25, 0.3) is 11.3 Å². The number of benzene rings is 2. The van der Waals surface area contributed by atoms with Gasteiger partial charge >= 0.3 is 0 Å². The first-order valence-corrected chi connectivity index (χ1v) is 10.8. The van der Waals surface area contributed by atoms with Crippen LogP contribution in [0.15, 0.2) is 53.6 Å². The Balaban J connectivity index is 1.73. The molecular formula is C20H20N4O4S. The van der Waals surface area contributed by atoms with Crippen molar-refractivity contribution in [3.05, 3.63) is 70.2 Å². The van der Waals surface area contributed by atoms with Gasteiger partial charge in [0.15, 0.2) is 0 Å². The minimum absolute atomic E-state index is 0.120. The van der Waals surface area contributed by atoms with Crippen molar-refractivity contribution in [2.45, 2.75) is 37.6 Å². The summed E-state index contributed by atoms with van der Waals surface area (Å²) in [5.41, 5.74) is 1.91. The number of hydrogen-bond donors (Lipinski definition) is 1. The van der Waals surface area contributed by atoms with Gasteiger partial charge in [0.1, 0.15) is 5.82 Å². The van der Waals surface area contributed by atoms with Crippen LogP contribution in [0.1, 0.15) is 24.2 Å². The van der Waals surface area contributed by atoms with Crippen molar-refractivity contribution in [3.8, 4) is 11.3 Å². The molecule has 0 amide bonds. The molecule has 2 aromatic carbocycles. The van der Waals surface area contributed by atoms with Crippen molar-refractivity contribution < 1.29 is 13.3 Å². The Morgan fingerprint density at radius 2 is 1.97 bits per heavy atom. The number of nitro benzene ring substituents is 1. The molecule has 0 atom stereocenters. The van der Waals surface area contributed by atoms with Crippen molar-refractivity contribution in [3.63, 3.8) is 0 Å². The maximum Gasteiger partial charge on any atom is 0.270 e. The van der Waals surface area contributed by atoms with E-state index < -0.39 is 14.9 Å². The highest BCUT2D eigenvalue weighted by atomic mass is 32.2. The fourth-order valence-corrected chi connectivity index (χ4v) is 4.87. The van der Waals surface area contributed by atoms with Gasteiger partial charge < -0.3 is 4.57 Å². The second-order valence-corrected chi connectivity index (χ2v) is 8.70. The second kappa shape index (κ2) is 7.32. The number of hydrogen-bond acceptors (Lipinski definition) is 5. The first-order chi connectivity index (χ1) is 13.8. The van der Waals surface area contributed by atoms with Crippen LogP contribution in [0.4, 0.5) is 11.4 Å². The molecule has 2 heterocycles. The lowest BCUT2D eigenvalue weighted by Gasteiger charge is -2.13. The number of anilines is 1. The molecule has 150 valence electrons. The molecule has 0 saturated carbocycles. The fraction of sp³-hybridized carbons (Fsp3) is 0.250. The summed E-state index contributed by atoms with van der Waals surface area (Å²) in [7, 11) is -4.02. The number of aromatic nitrogens is 2. The van der Waals surface area contributed by atoms with Crippen LogP contribution in [0.5, 0.6) is 0 Å². The minimum atomic E-state index is -4.02. The fourth-order valence-electron chi connectivity index (χ4n) is 3.53. The summed E-state index contributed by atoms with van der Waals surface area (Å²) in [5.74, 6) is 0.999. The maximum atomic E-state index is 13.0. The number of sulfonamides is 1. The van der Waals surface area contributed by atoms with E-state index in [-0.39, 0.29) is 10.6 Å². The molecule has 3 aromatic rings. The van der Waals surface area contributed by atoms with Gasteiger partial charge in [0.25, 0.3) is 15.7 Å². The Labute approximate surface area is 168 Å². The quantitative estimate of drug-likeness (QED) is 0.505. The van der Waals surface area contributed by atoms with Gasteiger partial charge in [0, 0.05) is 36.9 Å². The van der Waals surface area contributed by atoms with Gasteiger partial charge in [0.05, 0.1) is 21.2 Å². The Morgan fingerprint density at radius 1 is 1.17 bits per heavy atom. The molecule has 0 radical (unpaired) electrons. The van der Waals surface area contributed by atoms with Crippen LogP contribution in [0, 0.1) is 17.0 Å². The zero-order chi connectivity index (χ0) is 20.6. The zero-order valence-corrected chi connectivity index (χ0v) is 16.6. The third-order valence-electron chi connectivity index (χ3n) is 5.03. The van der Waals surface area contributed by atoms with Gasteiger partial charge in [-0.05, 0) is 31.4 Å². The molecule has 8 nitrogen and oxygen atoms in total. The predicted octanol–water partition coefficient (Wildman–Crippen LogP) is 3.90. The van der Waals surface area contributed by atoms with Crippen molar-refractivity contribution in [1.29, 1.82) is 0 Å². The summed E-state index contributed by atoms with van der Waals surface area (Å²) < 4.78 is 30.7. The van der Waals surface area contributed by atoms with E-state index in [0.29, 0.717) is 22.5 Å². The summed E-state index contributed by atoms with van der Waals surface area (Å²) in [6.07, 6.45) is 5.04. The number of nitrogens with one attached hydrogen (secondary N) is 1. The van der Waals surface area contributed by atoms with Crippen molar-refractivity contribution in [2.24, 2.45) is 0 Å². The average Bonchev–Trinajstić information content (AvgIpc) is 3.12. The summed E-state index contributed by atoms with van der Waals surface area (Å²) in [6.45, 7) is 2.51. The Hall–Kier alpha value is -3.20. The van der Waals surface area contributed by atoms with Gasteiger partial charge in [0.2, 0.25) is 0 Å². The maximum absolute atomic E-state index is 13.0. The van der Waals surface area contributed by atoms with Crippen LogP contribution >= 0.6 is 0 Å². The third kappa shape index (κ3) is 3.73. The molecule has 0 unspecified atom stereocenters. The molecular weight excluding hydrogens is 392 g/mol. The summed E-state index contributed by atoms with van der Waals surface area (Å²) >= 11 is 0. The monoisotopic (exact) mass is 412 g/mol. The highest BCUT2D eigenvalue weighted by Crippen LogP contribution is 2.31. The molecule has 4 rings (SSSR count). The smallest absolute Gasteiger partial charge is 0.270 e. The van der Waals surface area contributed by atoms with E-state index >= 15 is 0 Å². The van der Waals surface area contributed by atoms with Crippen molar-refractivity contribution >= 4 is 21.4 Å². The molecule has 0 fully saturated rings.